The van der Waals surface area contributed by atoms with Crippen molar-refractivity contribution in [1.29, 1.82) is 0 Å². The number of hydrogen-bond donors (Lipinski definition) is 2. The fourth-order valence-corrected chi connectivity index (χ4v) is 4.09. The monoisotopic (exact) mass is 375 g/mol. The highest BCUT2D eigenvalue weighted by molar-refractivity contribution is 5.92. The molecule has 1 unspecified atom stereocenters. The summed E-state index contributed by atoms with van der Waals surface area (Å²) in [4.78, 5) is 25.2. The number of halogens is 1. The van der Waals surface area contributed by atoms with Crippen molar-refractivity contribution in [3.8, 4) is 5.75 Å². The number of aromatic hydroxyl groups is 1. The summed E-state index contributed by atoms with van der Waals surface area (Å²) in [6.45, 7) is 3.13. The number of carbonyl (C=O) groups excluding carboxylic acids is 1. The minimum Gasteiger partial charge on any atom is -0.507 e. The molecular weight excluding hydrogens is 353 g/mol. The van der Waals surface area contributed by atoms with Crippen molar-refractivity contribution in [3.05, 3.63) is 33.9 Å². The highest BCUT2D eigenvalue weighted by Crippen LogP contribution is 2.41. The van der Waals surface area contributed by atoms with Crippen LogP contribution in [0, 0.1) is 18.7 Å². The van der Waals surface area contributed by atoms with Gasteiger partial charge in [-0.15, -0.1) is 0 Å². The van der Waals surface area contributed by atoms with Gasteiger partial charge in [-0.05, 0) is 37.8 Å². The van der Waals surface area contributed by atoms with Crippen molar-refractivity contribution >= 4 is 22.7 Å². The number of fused-ring (bicyclic) bond motifs is 1. The van der Waals surface area contributed by atoms with Gasteiger partial charge in [0, 0.05) is 36.5 Å². The van der Waals surface area contributed by atoms with Crippen LogP contribution in [-0.4, -0.2) is 35.5 Å². The first-order chi connectivity index (χ1) is 12.9. The van der Waals surface area contributed by atoms with Crippen LogP contribution in [-0.2, 0) is 4.74 Å². The number of primary amides is 1. The third kappa shape index (κ3) is 3.09. The van der Waals surface area contributed by atoms with Crippen LogP contribution in [0.5, 0.6) is 5.75 Å². The summed E-state index contributed by atoms with van der Waals surface area (Å²) >= 11 is 0. The van der Waals surface area contributed by atoms with Crippen molar-refractivity contribution < 1.29 is 19.0 Å². The number of aryl methyl sites for hydroxylation is 1. The molecule has 1 saturated carbocycles. The summed E-state index contributed by atoms with van der Waals surface area (Å²) < 4.78 is 21.5. The normalized spacial score (nSPS) is 19.6. The molecule has 2 fully saturated rings. The zero-order valence-electron chi connectivity index (χ0n) is 15.1. The van der Waals surface area contributed by atoms with Gasteiger partial charge in [0.05, 0.1) is 17.8 Å². The van der Waals surface area contributed by atoms with E-state index in [2.05, 4.69) is 0 Å². The second kappa shape index (κ2) is 6.44. The number of hydrogen-bond acceptors (Lipinski definition) is 5. The van der Waals surface area contributed by atoms with E-state index in [0.29, 0.717) is 35.2 Å². The number of ether oxygens (including phenoxy) is 1. The zero-order chi connectivity index (χ0) is 19.3. The molecule has 144 valence electrons. The van der Waals surface area contributed by atoms with E-state index in [9.17, 15) is 19.1 Å². The average molecular weight is 375 g/mol. The van der Waals surface area contributed by atoms with Crippen LogP contribution in [0.3, 0.4) is 0 Å². The summed E-state index contributed by atoms with van der Waals surface area (Å²) in [5.74, 6) is -0.566. The number of amides is 1. The molecule has 1 aliphatic heterocycles. The highest BCUT2D eigenvalue weighted by Gasteiger charge is 2.31. The molecule has 3 N–H and O–H groups in total. The van der Waals surface area contributed by atoms with Gasteiger partial charge < -0.3 is 25.0 Å². The van der Waals surface area contributed by atoms with E-state index < -0.39 is 11.9 Å². The maximum Gasteiger partial charge on any atom is 0.404 e. The molecule has 0 bridgehead atoms. The standard InChI is InChI=1S/C19H22FN3O4/c1-10-17-13(15(24)7-16(25)23(17)12-2-3-12)6-14(20)18(10)22-5-4-11(8-22)9-27-19(21)26/h6-7,11-12,24H,2-5,8-9H2,1H3,(H2,21,26). The Morgan fingerprint density at radius 1 is 1.37 bits per heavy atom. The maximum atomic E-state index is 15.0. The number of rotatable bonds is 4. The van der Waals surface area contributed by atoms with E-state index >= 15 is 0 Å². The van der Waals surface area contributed by atoms with E-state index in [1.807, 2.05) is 4.90 Å². The van der Waals surface area contributed by atoms with Gasteiger partial charge in [-0.3, -0.25) is 4.79 Å². The molecule has 27 heavy (non-hydrogen) atoms. The minimum atomic E-state index is -0.814. The minimum absolute atomic E-state index is 0.0711. The summed E-state index contributed by atoms with van der Waals surface area (Å²) in [5, 5.41) is 10.5. The number of carbonyl (C=O) groups is 1. The van der Waals surface area contributed by atoms with Crippen LogP contribution < -0.4 is 16.2 Å². The second-order valence-electron chi connectivity index (χ2n) is 7.43. The molecule has 1 saturated heterocycles. The molecule has 1 atom stereocenters. The Bertz CT molecular complexity index is 983. The van der Waals surface area contributed by atoms with Gasteiger partial charge >= 0.3 is 6.09 Å². The Labute approximate surface area is 155 Å². The van der Waals surface area contributed by atoms with E-state index in [1.54, 1.807) is 11.5 Å². The van der Waals surface area contributed by atoms with E-state index in [-0.39, 0.29) is 29.9 Å². The van der Waals surface area contributed by atoms with Gasteiger partial charge in [0.1, 0.15) is 11.6 Å². The third-order valence-electron chi connectivity index (χ3n) is 5.45. The first kappa shape index (κ1) is 17.6. The van der Waals surface area contributed by atoms with Crippen molar-refractivity contribution in [2.24, 2.45) is 11.7 Å². The van der Waals surface area contributed by atoms with Crippen LogP contribution in [0.1, 0.15) is 30.9 Å². The topological polar surface area (TPSA) is 97.8 Å². The summed E-state index contributed by atoms with van der Waals surface area (Å²) in [6, 6.07) is 2.57. The quantitative estimate of drug-likeness (QED) is 0.855. The second-order valence-corrected chi connectivity index (χ2v) is 7.43. The van der Waals surface area contributed by atoms with Crippen molar-refractivity contribution in [3.63, 3.8) is 0 Å². The van der Waals surface area contributed by atoms with Gasteiger partial charge in [-0.25, -0.2) is 9.18 Å². The Kier molecular flexibility index (Phi) is 4.20. The van der Waals surface area contributed by atoms with Gasteiger partial charge in [0.15, 0.2) is 0 Å². The molecule has 1 aromatic carbocycles. The summed E-state index contributed by atoms with van der Waals surface area (Å²) in [5.41, 5.74) is 6.42. The molecule has 1 amide bonds. The Balaban J connectivity index is 1.77. The van der Waals surface area contributed by atoms with Gasteiger partial charge in [0.25, 0.3) is 5.56 Å². The van der Waals surface area contributed by atoms with Crippen LogP contribution in [0.4, 0.5) is 14.9 Å². The molecule has 7 nitrogen and oxygen atoms in total. The van der Waals surface area contributed by atoms with Crippen molar-refractivity contribution in [1.82, 2.24) is 4.57 Å². The molecule has 1 aromatic heterocycles. The fourth-order valence-electron chi connectivity index (χ4n) is 4.09. The highest BCUT2D eigenvalue weighted by atomic mass is 19.1. The maximum absolute atomic E-state index is 15.0. The van der Waals surface area contributed by atoms with E-state index in [0.717, 1.165) is 25.3 Å². The Morgan fingerprint density at radius 3 is 2.78 bits per heavy atom. The lowest BCUT2D eigenvalue weighted by molar-refractivity contribution is 0.140. The molecule has 2 aliphatic rings. The van der Waals surface area contributed by atoms with Crippen LogP contribution in [0.2, 0.25) is 0 Å². The number of aromatic nitrogens is 1. The van der Waals surface area contributed by atoms with Crippen molar-refractivity contribution in [2.45, 2.75) is 32.2 Å². The fraction of sp³-hybridized carbons (Fsp3) is 0.474. The molecule has 2 heterocycles. The van der Waals surface area contributed by atoms with Gasteiger partial charge in [-0.1, -0.05) is 0 Å². The molecule has 4 rings (SSSR count). The number of nitrogens with two attached hydrogens (primary N) is 1. The number of anilines is 1. The van der Waals surface area contributed by atoms with Crippen molar-refractivity contribution in [2.75, 3.05) is 24.6 Å². The first-order valence-corrected chi connectivity index (χ1v) is 9.11. The Hall–Kier alpha value is -2.77. The Morgan fingerprint density at radius 2 is 2.11 bits per heavy atom. The van der Waals surface area contributed by atoms with E-state index in [4.69, 9.17) is 10.5 Å². The number of nitrogens with zero attached hydrogens (tertiary/aromatic N) is 2. The van der Waals surface area contributed by atoms with Crippen LogP contribution in [0.15, 0.2) is 16.9 Å². The molecule has 8 heteroatoms. The third-order valence-corrected chi connectivity index (χ3v) is 5.45. The molecule has 0 radical (unpaired) electrons. The first-order valence-electron chi connectivity index (χ1n) is 9.11. The zero-order valence-corrected chi connectivity index (χ0v) is 15.1. The van der Waals surface area contributed by atoms with Crippen LogP contribution >= 0.6 is 0 Å². The summed E-state index contributed by atoms with van der Waals surface area (Å²) in [7, 11) is 0. The van der Waals surface area contributed by atoms with Gasteiger partial charge in [-0.2, -0.15) is 0 Å². The molecule has 2 aromatic rings. The smallest absolute Gasteiger partial charge is 0.404 e. The number of pyridine rings is 1. The lowest BCUT2D eigenvalue weighted by Crippen LogP contribution is -2.26. The van der Waals surface area contributed by atoms with Gasteiger partial charge in [0.2, 0.25) is 0 Å². The molecule has 1 aliphatic carbocycles. The SMILES string of the molecule is Cc1c(N2CCC(COC(N)=O)C2)c(F)cc2c(O)cc(=O)n(C3CC3)c12. The lowest BCUT2D eigenvalue weighted by atomic mass is 10.1. The van der Waals surface area contributed by atoms with E-state index in [1.165, 1.54) is 6.07 Å². The lowest BCUT2D eigenvalue weighted by Gasteiger charge is -2.24. The predicted molar refractivity (Wildman–Crippen MR) is 98.7 cm³/mol. The molecule has 0 spiro atoms. The largest absolute Gasteiger partial charge is 0.507 e. The molecular formula is C19H22FN3O4. The summed E-state index contributed by atoms with van der Waals surface area (Å²) in [6.07, 6.45) is 1.75. The predicted octanol–water partition coefficient (Wildman–Crippen LogP) is 2.41. The average Bonchev–Trinajstić information content (AvgIpc) is 3.32. The van der Waals surface area contributed by atoms with Crippen LogP contribution in [0.25, 0.3) is 10.9 Å². The number of benzene rings is 1.